The topological polar surface area (TPSA) is 81.7 Å². The van der Waals surface area contributed by atoms with Crippen LogP contribution < -0.4 is 10.6 Å². The summed E-state index contributed by atoms with van der Waals surface area (Å²) in [5, 5.41) is 12.9. The zero-order chi connectivity index (χ0) is 15.1. The summed E-state index contributed by atoms with van der Waals surface area (Å²) in [6.45, 7) is 0.580. The molecule has 0 saturated heterocycles. The van der Waals surface area contributed by atoms with Gasteiger partial charge in [0.15, 0.2) is 0 Å². The number of amides is 3. The lowest BCUT2D eigenvalue weighted by molar-refractivity contribution is -0.149. The smallest absolute Gasteiger partial charge is 0.395 e. The Balaban J connectivity index is 4.27. The average molecular weight is 285 g/mol. The van der Waals surface area contributed by atoms with Gasteiger partial charge in [0.2, 0.25) is 5.91 Å². The summed E-state index contributed by atoms with van der Waals surface area (Å²) in [7, 11) is 0. The second-order valence-electron chi connectivity index (χ2n) is 4.23. The number of rotatable bonds is 6. The number of hydrogen-bond acceptors (Lipinski definition) is 4. The predicted octanol–water partition coefficient (Wildman–Crippen LogP) is 0.0772. The molecule has 3 amide bonds. The molecule has 0 saturated carbocycles. The first-order valence-electron chi connectivity index (χ1n) is 5.64. The third-order valence-corrected chi connectivity index (χ3v) is 1.86. The summed E-state index contributed by atoms with van der Waals surface area (Å²) in [4.78, 5) is 23.2. The third kappa shape index (κ3) is 10.3. The van der Waals surface area contributed by atoms with Crippen molar-refractivity contribution in [3.63, 3.8) is 0 Å². The van der Waals surface area contributed by atoms with Crippen molar-refractivity contribution in [3.05, 3.63) is 0 Å². The molecule has 0 aliphatic carbocycles. The second-order valence-corrected chi connectivity index (χ2v) is 4.23. The summed E-state index contributed by atoms with van der Waals surface area (Å²) in [6.07, 6.45) is -4.48. The maximum absolute atomic E-state index is 12.2. The van der Waals surface area contributed by atoms with Crippen molar-refractivity contribution in [2.45, 2.75) is 26.1 Å². The quantitative estimate of drug-likeness (QED) is 0.645. The molecule has 3 N–H and O–H groups in total. The number of aliphatic hydroxyl groups is 1. The number of carbonyl (C=O) groups excluding carboxylic acids is 2. The van der Waals surface area contributed by atoms with Gasteiger partial charge in [-0.05, 0) is 13.8 Å². The first-order valence-corrected chi connectivity index (χ1v) is 5.64. The van der Waals surface area contributed by atoms with Crippen LogP contribution in [0.1, 0.15) is 13.8 Å². The molecule has 0 heterocycles. The zero-order valence-corrected chi connectivity index (χ0v) is 10.8. The molecule has 6 nitrogen and oxygen atoms in total. The van der Waals surface area contributed by atoms with E-state index in [-0.39, 0.29) is 12.6 Å². The van der Waals surface area contributed by atoms with Crippen LogP contribution in [0.25, 0.3) is 0 Å². The van der Waals surface area contributed by atoms with Crippen molar-refractivity contribution < 1.29 is 27.9 Å². The highest BCUT2D eigenvalue weighted by atomic mass is 19.4. The van der Waals surface area contributed by atoms with Gasteiger partial charge in [-0.2, -0.15) is 13.2 Å². The van der Waals surface area contributed by atoms with Crippen molar-refractivity contribution in [1.29, 1.82) is 0 Å². The molecule has 0 aromatic heterocycles. The van der Waals surface area contributed by atoms with Crippen LogP contribution in [-0.2, 0) is 4.79 Å². The van der Waals surface area contributed by atoms with E-state index in [4.69, 9.17) is 5.11 Å². The Labute approximate surface area is 108 Å². The lowest BCUT2D eigenvalue weighted by Crippen LogP contribution is -2.48. The molecule has 0 fully saturated rings. The first-order chi connectivity index (χ1) is 8.64. The Bertz CT molecular complexity index is 308. The van der Waals surface area contributed by atoms with Crippen LogP contribution in [-0.4, -0.2) is 60.4 Å². The fourth-order valence-corrected chi connectivity index (χ4v) is 1.28. The SMILES string of the molecule is CC(C)NC(=O)NC(=O)CN(CCO)CC(F)(F)F. The highest BCUT2D eigenvalue weighted by Crippen LogP contribution is 2.15. The number of imide groups is 1. The number of nitrogens with one attached hydrogen (secondary N) is 2. The van der Waals surface area contributed by atoms with Gasteiger partial charge in [-0.3, -0.25) is 15.0 Å². The summed E-state index contributed by atoms with van der Waals surface area (Å²) in [5.41, 5.74) is 0. The van der Waals surface area contributed by atoms with Gasteiger partial charge in [-0.25, -0.2) is 4.79 Å². The van der Waals surface area contributed by atoms with Gasteiger partial charge in [0.05, 0.1) is 19.7 Å². The van der Waals surface area contributed by atoms with Crippen LogP contribution in [0.3, 0.4) is 0 Å². The van der Waals surface area contributed by atoms with E-state index >= 15 is 0 Å². The summed E-state index contributed by atoms with van der Waals surface area (Å²) >= 11 is 0. The highest BCUT2D eigenvalue weighted by molar-refractivity contribution is 5.95. The minimum Gasteiger partial charge on any atom is -0.395 e. The Morgan fingerprint density at radius 2 is 1.89 bits per heavy atom. The minimum atomic E-state index is -4.48. The Morgan fingerprint density at radius 3 is 2.32 bits per heavy atom. The first kappa shape index (κ1) is 17.6. The van der Waals surface area contributed by atoms with Gasteiger partial charge in [0.1, 0.15) is 0 Å². The molecule has 0 aliphatic rings. The van der Waals surface area contributed by atoms with Gasteiger partial charge in [0, 0.05) is 12.6 Å². The van der Waals surface area contributed by atoms with Crippen LogP contribution in [0, 0.1) is 0 Å². The lowest BCUT2D eigenvalue weighted by Gasteiger charge is -2.21. The van der Waals surface area contributed by atoms with Crippen LogP contribution in [0.2, 0.25) is 0 Å². The van der Waals surface area contributed by atoms with Gasteiger partial charge in [-0.15, -0.1) is 0 Å². The van der Waals surface area contributed by atoms with Crippen molar-refractivity contribution in [1.82, 2.24) is 15.5 Å². The van der Waals surface area contributed by atoms with Crippen LogP contribution in [0.15, 0.2) is 0 Å². The molecule has 0 rings (SSSR count). The summed E-state index contributed by atoms with van der Waals surface area (Å²) in [5.74, 6) is -0.865. The Hall–Kier alpha value is -1.35. The summed E-state index contributed by atoms with van der Waals surface area (Å²) < 4.78 is 36.5. The van der Waals surface area contributed by atoms with E-state index in [1.807, 2.05) is 5.32 Å². The number of halogens is 3. The van der Waals surface area contributed by atoms with Crippen molar-refractivity contribution in [2.75, 3.05) is 26.2 Å². The molecule has 0 radical (unpaired) electrons. The molecule has 112 valence electrons. The number of nitrogens with zero attached hydrogens (tertiary/aromatic N) is 1. The molecule has 9 heteroatoms. The van der Waals surface area contributed by atoms with E-state index in [0.717, 1.165) is 0 Å². The molecule has 0 aromatic rings. The van der Waals surface area contributed by atoms with Crippen molar-refractivity contribution in [3.8, 4) is 0 Å². The van der Waals surface area contributed by atoms with Crippen LogP contribution in [0.5, 0.6) is 0 Å². The van der Waals surface area contributed by atoms with E-state index < -0.39 is 37.8 Å². The molecular weight excluding hydrogens is 267 g/mol. The maximum Gasteiger partial charge on any atom is 0.401 e. The largest absolute Gasteiger partial charge is 0.401 e. The van der Waals surface area contributed by atoms with Crippen LogP contribution in [0.4, 0.5) is 18.0 Å². The standard InChI is InChI=1S/C10H18F3N3O3/c1-7(2)14-9(19)15-8(18)5-16(3-4-17)6-10(11,12)13/h7,17H,3-6H2,1-2H3,(H2,14,15,18,19). The van der Waals surface area contributed by atoms with Crippen molar-refractivity contribution >= 4 is 11.9 Å². The van der Waals surface area contributed by atoms with Crippen LogP contribution >= 0.6 is 0 Å². The molecular formula is C10H18F3N3O3. The number of hydrogen-bond donors (Lipinski definition) is 3. The van der Waals surface area contributed by atoms with Gasteiger partial charge in [-0.1, -0.05) is 0 Å². The molecule has 0 aliphatic heterocycles. The fraction of sp³-hybridized carbons (Fsp3) is 0.800. The monoisotopic (exact) mass is 285 g/mol. The predicted molar refractivity (Wildman–Crippen MR) is 61.4 cm³/mol. The van der Waals surface area contributed by atoms with Gasteiger partial charge in [0.25, 0.3) is 0 Å². The molecule has 0 spiro atoms. The summed E-state index contributed by atoms with van der Waals surface area (Å²) in [6, 6.07) is -0.965. The minimum absolute atomic E-state index is 0.198. The fourth-order valence-electron chi connectivity index (χ4n) is 1.28. The van der Waals surface area contributed by atoms with E-state index in [0.29, 0.717) is 4.90 Å². The normalized spacial score (nSPS) is 11.8. The average Bonchev–Trinajstić information content (AvgIpc) is 2.12. The highest BCUT2D eigenvalue weighted by Gasteiger charge is 2.31. The third-order valence-electron chi connectivity index (χ3n) is 1.86. The van der Waals surface area contributed by atoms with Gasteiger partial charge < -0.3 is 10.4 Å². The number of aliphatic hydroxyl groups excluding tert-OH is 1. The molecule has 0 unspecified atom stereocenters. The number of carbonyl (C=O) groups is 2. The molecule has 0 aromatic carbocycles. The Kier molecular flexibility index (Phi) is 7.38. The van der Waals surface area contributed by atoms with Crippen molar-refractivity contribution in [2.24, 2.45) is 0 Å². The van der Waals surface area contributed by atoms with Gasteiger partial charge >= 0.3 is 12.2 Å². The molecule has 19 heavy (non-hydrogen) atoms. The number of urea groups is 1. The lowest BCUT2D eigenvalue weighted by atomic mass is 10.4. The zero-order valence-electron chi connectivity index (χ0n) is 10.8. The van der Waals surface area contributed by atoms with E-state index in [9.17, 15) is 22.8 Å². The second kappa shape index (κ2) is 7.95. The molecule has 0 bridgehead atoms. The van der Waals surface area contributed by atoms with E-state index in [2.05, 4.69) is 5.32 Å². The van der Waals surface area contributed by atoms with E-state index in [1.165, 1.54) is 0 Å². The van der Waals surface area contributed by atoms with E-state index in [1.54, 1.807) is 13.8 Å². The number of alkyl halides is 3. The Morgan fingerprint density at radius 1 is 1.32 bits per heavy atom. The molecule has 0 atom stereocenters. The maximum atomic E-state index is 12.2.